The molecule has 0 aliphatic carbocycles. The first-order chi connectivity index (χ1) is 13.0. The molecule has 3 aromatic rings. The number of carbonyl (C=O) groups excluding carboxylic acids is 1. The molecule has 2 N–H and O–H groups in total. The molecule has 0 spiro atoms. The highest BCUT2D eigenvalue weighted by atomic mass is 32.2. The summed E-state index contributed by atoms with van der Waals surface area (Å²) in [6.07, 6.45) is 0. The predicted octanol–water partition coefficient (Wildman–Crippen LogP) is 3.86. The van der Waals surface area contributed by atoms with Crippen LogP contribution < -0.4 is 14.8 Å². The molecule has 142 valence electrons. The highest BCUT2D eigenvalue weighted by molar-refractivity contribution is 7.99. The van der Waals surface area contributed by atoms with Crippen molar-refractivity contribution in [3.05, 3.63) is 47.5 Å². The number of hydrogen-bond donors (Lipinski definition) is 2. The van der Waals surface area contributed by atoms with Crippen LogP contribution in [0.5, 0.6) is 11.5 Å². The standard InChI is InChI=1S/C20H23N3O3S/c1-12-5-7-16-17(9-12)23-20(22-16)27-11-19(24)21-13(2)15-10-14(25-3)6-8-18(15)26-4/h5-10,13H,11H2,1-4H3,(H,21,24)(H,22,23). The Morgan fingerprint density at radius 1 is 1.22 bits per heavy atom. The maximum absolute atomic E-state index is 12.4. The van der Waals surface area contributed by atoms with Gasteiger partial charge in [0, 0.05) is 5.56 Å². The predicted molar refractivity (Wildman–Crippen MR) is 108 cm³/mol. The lowest BCUT2D eigenvalue weighted by molar-refractivity contribution is -0.119. The lowest BCUT2D eigenvalue weighted by Crippen LogP contribution is -2.28. The minimum Gasteiger partial charge on any atom is -0.497 e. The molecule has 0 aliphatic rings. The van der Waals surface area contributed by atoms with Crippen molar-refractivity contribution in [3.8, 4) is 11.5 Å². The number of nitrogens with one attached hydrogen (secondary N) is 2. The van der Waals surface area contributed by atoms with Gasteiger partial charge in [0.15, 0.2) is 5.16 Å². The monoisotopic (exact) mass is 385 g/mol. The Kier molecular flexibility index (Phi) is 5.91. The Morgan fingerprint density at radius 3 is 2.78 bits per heavy atom. The number of carbonyl (C=O) groups is 1. The van der Waals surface area contributed by atoms with Crippen molar-refractivity contribution >= 4 is 28.7 Å². The second kappa shape index (κ2) is 8.35. The van der Waals surface area contributed by atoms with E-state index in [0.29, 0.717) is 5.75 Å². The van der Waals surface area contributed by atoms with Crippen LogP contribution in [0.1, 0.15) is 24.1 Å². The van der Waals surface area contributed by atoms with E-state index in [9.17, 15) is 4.79 Å². The minimum absolute atomic E-state index is 0.0750. The summed E-state index contributed by atoms with van der Waals surface area (Å²) in [5.74, 6) is 1.63. The fraction of sp³-hybridized carbons (Fsp3) is 0.300. The zero-order valence-electron chi connectivity index (χ0n) is 15.8. The number of H-pyrrole nitrogens is 1. The number of aromatic amines is 1. The number of hydrogen-bond acceptors (Lipinski definition) is 5. The molecular formula is C20H23N3O3S. The fourth-order valence-corrected chi connectivity index (χ4v) is 3.54. The number of fused-ring (bicyclic) bond motifs is 1. The van der Waals surface area contributed by atoms with Gasteiger partial charge in [0.05, 0.1) is 37.0 Å². The molecule has 6 nitrogen and oxygen atoms in total. The first-order valence-corrected chi connectivity index (χ1v) is 9.59. The van der Waals surface area contributed by atoms with E-state index in [1.54, 1.807) is 14.2 Å². The molecule has 1 atom stereocenters. The average molecular weight is 385 g/mol. The van der Waals surface area contributed by atoms with Gasteiger partial charge in [0.25, 0.3) is 0 Å². The third-order valence-electron chi connectivity index (χ3n) is 4.24. The van der Waals surface area contributed by atoms with Crippen LogP contribution in [0.15, 0.2) is 41.6 Å². The number of rotatable bonds is 7. The Bertz CT molecular complexity index is 955. The molecule has 1 unspecified atom stereocenters. The SMILES string of the molecule is COc1ccc(OC)c(C(C)NC(=O)CSc2nc3ccc(C)cc3[nH]2)c1. The number of benzene rings is 2. The molecule has 2 aromatic carbocycles. The molecule has 0 saturated carbocycles. The summed E-state index contributed by atoms with van der Waals surface area (Å²) in [6.45, 7) is 3.96. The number of aryl methyl sites for hydroxylation is 1. The van der Waals surface area contributed by atoms with Crippen molar-refractivity contribution in [1.82, 2.24) is 15.3 Å². The van der Waals surface area contributed by atoms with Gasteiger partial charge < -0.3 is 19.8 Å². The third-order valence-corrected chi connectivity index (χ3v) is 5.11. The normalized spacial score (nSPS) is 12.0. The van der Waals surface area contributed by atoms with E-state index in [1.165, 1.54) is 17.3 Å². The number of aromatic nitrogens is 2. The number of ether oxygens (including phenoxy) is 2. The number of imidazole rings is 1. The quantitative estimate of drug-likeness (QED) is 0.604. The summed E-state index contributed by atoms with van der Waals surface area (Å²) in [7, 11) is 3.22. The van der Waals surface area contributed by atoms with Crippen LogP contribution in [0, 0.1) is 6.92 Å². The van der Waals surface area contributed by atoms with Crippen LogP contribution in [0.4, 0.5) is 0 Å². The van der Waals surface area contributed by atoms with Gasteiger partial charge in [-0.1, -0.05) is 17.8 Å². The van der Waals surface area contributed by atoms with Crippen molar-refractivity contribution in [2.24, 2.45) is 0 Å². The molecule has 3 rings (SSSR count). The van der Waals surface area contributed by atoms with E-state index in [0.717, 1.165) is 27.5 Å². The molecule has 0 radical (unpaired) electrons. The summed E-state index contributed by atoms with van der Waals surface area (Å²) < 4.78 is 10.7. The highest BCUT2D eigenvalue weighted by Crippen LogP contribution is 2.29. The Labute approximate surface area is 162 Å². The molecule has 27 heavy (non-hydrogen) atoms. The third kappa shape index (κ3) is 4.54. The molecule has 1 heterocycles. The van der Waals surface area contributed by atoms with Gasteiger partial charge in [-0.25, -0.2) is 4.98 Å². The summed E-state index contributed by atoms with van der Waals surface area (Å²) in [4.78, 5) is 20.1. The molecule has 0 bridgehead atoms. The number of nitrogens with zero attached hydrogens (tertiary/aromatic N) is 1. The van der Waals surface area contributed by atoms with Crippen LogP contribution in [0.2, 0.25) is 0 Å². The van der Waals surface area contributed by atoms with Crippen molar-refractivity contribution in [2.75, 3.05) is 20.0 Å². The van der Waals surface area contributed by atoms with Crippen molar-refractivity contribution in [3.63, 3.8) is 0 Å². The number of amides is 1. The van der Waals surface area contributed by atoms with E-state index in [2.05, 4.69) is 15.3 Å². The van der Waals surface area contributed by atoms with Crippen LogP contribution >= 0.6 is 11.8 Å². The van der Waals surface area contributed by atoms with Crippen molar-refractivity contribution in [2.45, 2.75) is 25.0 Å². The maximum Gasteiger partial charge on any atom is 0.230 e. The van der Waals surface area contributed by atoms with Gasteiger partial charge in [-0.2, -0.15) is 0 Å². The largest absolute Gasteiger partial charge is 0.497 e. The number of methoxy groups -OCH3 is 2. The minimum atomic E-state index is -0.207. The molecule has 1 amide bonds. The molecule has 0 fully saturated rings. The Hall–Kier alpha value is -2.67. The van der Waals surface area contributed by atoms with E-state index >= 15 is 0 Å². The molecule has 0 aliphatic heterocycles. The van der Waals surface area contributed by atoms with Crippen LogP contribution in [-0.4, -0.2) is 35.8 Å². The summed E-state index contributed by atoms with van der Waals surface area (Å²) >= 11 is 1.38. The van der Waals surface area contributed by atoms with E-state index in [4.69, 9.17) is 9.47 Å². The van der Waals surface area contributed by atoms with Crippen molar-refractivity contribution in [1.29, 1.82) is 0 Å². The first-order valence-electron chi connectivity index (χ1n) is 8.60. The lowest BCUT2D eigenvalue weighted by Gasteiger charge is -2.18. The van der Waals surface area contributed by atoms with Crippen LogP contribution in [-0.2, 0) is 4.79 Å². The van der Waals surface area contributed by atoms with Crippen LogP contribution in [0.3, 0.4) is 0 Å². The van der Waals surface area contributed by atoms with Crippen molar-refractivity contribution < 1.29 is 14.3 Å². The first kappa shape index (κ1) is 19.1. The molecule has 1 aromatic heterocycles. The van der Waals surface area contributed by atoms with Gasteiger partial charge in [-0.3, -0.25) is 4.79 Å². The fourth-order valence-electron chi connectivity index (χ4n) is 2.84. The average Bonchev–Trinajstić information content (AvgIpc) is 3.07. The molecular weight excluding hydrogens is 362 g/mol. The lowest BCUT2D eigenvalue weighted by atomic mass is 10.1. The zero-order chi connectivity index (χ0) is 19.4. The topological polar surface area (TPSA) is 76.2 Å². The maximum atomic E-state index is 12.4. The molecule has 0 saturated heterocycles. The van der Waals surface area contributed by atoms with Crippen LogP contribution in [0.25, 0.3) is 11.0 Å². The van der Waals surface area contributed by atoms with Gasteiger partial charge in [-0.05, 0) is 49.7 Å². The Balaban J connectivity index is 1.63. The molecule has 7 heteroatoms. The second-order valence-electron chi connectivity index (χ2n) is 6.25. The number of thioether (sulfide) groups is 1. The van der Waals surface area contributed by atoms with E-state index in [-0.39, 0.29) is 17.7 Å². The highest BCUT2D eigenvalue weighted by Gasteiger charge is 2.16. The Morgan fingerprint density at radius 2 is 2.04 bits per heavy atom. The van der Waals surface area contributed by atoms with Gasteiger partial charge in [0.2, 0.25) is 5.91 Å². The van der Waals surface area contributed by atoms with E-state index < -0.39 is 0 Å². The summed E-state index contributed by atoms with van der Waals surface area (Å²) in [6, 6.07) is 11.4. The van der Waals surface area contributed by atoms with Gasteiger partial charge in [-0.15, -0.1) is 0 Å². The second-order valence-corrected chi connectivity index (χ2v) is 7.21. The summed E-state index contributed by atoms with van der Waals surface area (Å²) in [5, 5.41) is 3.73. The summed E-state index contributed by atoms with van der Waals surface area (Å²) in [5.41, 5.74) is 3.92. The van der Waals surface area contributed by atoms with E-state index in [1.807, 2.05) is 50.2 Å². The smallest absolute Gasteiger partial charge is 0.230 e. The zero-order valence-corrected chi connectivity index (χ0v) is 16.6. The van der Waals surface area contributed by atoms with Gasteiger partial charge in [0.1, 0.15) is 11.5 Å². The van der Waals surface area contributed by atoms with Gasteiger partial charge >= 0.3 is 0 Å².